The zero-order valence-corrected chi connectivity index (χ0v) is 17.4. The lowest BCUT2D eigenvalue weighted by Crippen LogP contribution is -2.25. The highest BCUT2D eigenvalue weighted by molar-refractivity contribution is 6.33. The van der Waals surface area contributed by atoms with Crippen molar-refractivity contribution in [1.82, 2.24) is 4.98 Å². The SMILES string of the molecule is COc1cc(Cl)ccc1NC(=O)C(=Cc1cccnc1Cl)C(=O)Nc1ccccc1. The Morgan fingerprint density at radius 2 is 1.70 bits per heavy atom. The summed E-state index contributed by atoms with van der Waals surface area (Å²) in [5.74, 6) is -0.895. The van der Waals surface area contributed by atoms with Crippen LogP contribution >= 0.6 is 23.2 Å². The zero-order valence-electron chi connectivity index (χ0n) is 15.9. The van der Waals surface area contributed by atoms with Crippen molar-refractivity contribution in [1.29, 1.82) is 0 Å². The predicted molar refractivity (Wildman–Crippen MR) is 119 cm³/mol. The first-order valence-corrected chi connectivity index (χ1v) is 9.57. The number of halogens is 2. The third kappa shape index (κ3) is 5.37. The number of hydrogen-bond acceptors (Lipinski definition) is 4. The first-order chi connectivity index (χ1) is 14.5. The number of hydrogen-bond donors (Lipinski definition) is 2. The Morgan fingerprint density at radius 3 is 2.40 bits per heavy atom. The summed E-state index contributed by atoms with van der Waals surface area (Å²) in [7, 11) is 1.45. The molecule has 2 aromatic carbocycles. The average Bonchev–Trinajstić information content (AvgIpc) is 2.74. The van der Waals surface area contributed by atoms with Gasteiger partial charge in [0.25, 0.3) is 11.8 Å². The second kappa shape index (κ2) is 9.91. The molecule has 0 bridgehead atoms. The number of nitrogens with zero attached hydrogens (tertiary/aromatic N) is 1. The van der Waals surface area contributed by atoms with Gasteiger partial charge in [-0.05, 0) is 36.4 Å². The molecule has 0 aliphatic heterocycles. The van der Waals surface area contributed by atoms with Gasteiger partial charge in [-0.25, -0.2) is 4.98 Å². The Labute approximate surface area is 183 Å². The summed E-state index contributed by atoms with van der Waals surface area (Å²) in [6.07, 6.45) is 2.90. The molecule has 0 spiro atoms. The van der Waals surface area contributed by atoms with E-state index in [1.807, 2.05) is 6.07 Å². The van der Waals surface area contributed by atoms with Crippen molar-refractivity contribution in [2.75, 3.05) is 17.7 Å². The third-order valence-electron chi connectivity index (χ3n) is 4.02. The molecule has 0 aliphatic rings. The number of pyridine rings is 1. The van der Waals surface area contributed by atoms with Gasteiger partial charge >= 0.3 is 0 Å². The van der Waals surface area contributed by atoms with Crippen LogP contribution in [0.15, 0.2) is 72.4 Å². The molecule has 8 heteroatoms. The molecule has 30 heavy (non-hydrogen) atoms. The second-order valence-corrected chi connectivity index (χ2v) is 6.85. The highest BCUT2D eigenvalue weighted by Crippen LogP contribution is 2.28. The Balaban J connectivity index is 1.95. The number of ether oxygens (including phenoxy) is 1. The van der Waals surface area contributed by atoms with Crippen molar-refractivity contribution in [3.05, 3.63) is 88.2 Å². The van der Waals surface area contributed by atoms with Crippen LogP contribution in [0.5, 0.6) is 5.75 Å². The standard InChI is InChI=1S/C22H17Cl2N3O3/c1-30-19-13-15(23)9-10-18(19)27-22(29)17(12-14-6-5-11-25-20(14)24)21(28)26-16-7-3-2-4-8-16/h2-13H,1H3,(H,26,28)(H,27,29). The van der Waals surface area contributed by atoms with E-state index in [9.17, 15) is 9.59 Å². The molecule has 0 atom stereocenters. The highest BCUT2D eigenvalue weighted by atomic mass is 35.5. The van der Waals surface area contributed by atoms with E-state index in [2.05, 4.69) is 15.6 Å². The first-order valence-electron chi connectivity index (χ1n) is 8.81. The number of para-hydroxylation sites is 1. The van der Waals surface area contributed by atoms with Gasteiger partial charge in [-0.1, -0.05) is 47.5 Å². The Morgan fingerprint density at radius 1 is 0.967 bits per heavy atom. The maximum atomic E-state index is 13.0. The molecule has 1 aromatic heterocycles. The lowest BCUT2D eigenvalue weighted by molar-refractivity contribution is -0.118. The average molecular weight is 442 g/mol. The van der Waals surface area contributed by atoms with Gasteiger partial charge in [-0.3, -0.25) is 9.59 Å². The van der Waals surface area contributed by atoms with Crippen LogP contribution in [0.4, 0.5) is 11.4 Å². The van der Waals surface area contributed by atoms with E-state index in [0.717, 1.165) is 0 Å². The normalized spacial score (nSPS) is 11.0. The van der Waals surface area contributed by atoms with E-state index in [0.29, 0.717) is 27.7 Å². The van der Waals surface area contributed by atoms with E-state index < -0.39 is 11.8 Å². The number of amides is 2. The Bertz CT molecular complexity index is 1100. The lowest BCUT2D eigenvalue weighted by atomic mass is 10.1. The topological polar surface area (TPSA) is 80.3 Å². The van der Waals surface area contributed by atoms with E-state index in [4.69, 9.17) is 27.9 Å². The van der Waals surface area contributed by atoms with Crippen LogP contribution in [0.1, 0.15) is 5.56 Å². The molecule has 0 unspecified atom stereocenters. The molecule has 1 heterocycles. The molecule has 3 rings (SSSR count). The van der Waals surface area contributed by atoms with E-state index in [-0.39, 0.29) is 10.7 Å². The molecule has 6 nitrogen and oxygen atoms in total. The molecule has 0 saturated carbocycles. The van der Waals surface area contributed by atoms with Crippen molar-refractivity contribution in [3.63, 3.8) is 0 Å². The maximum absolute atomic E-state index is 13.0. The smallest absolute Gasteiger partial charge is 0.261 e. The fourth-order valence-electron chi connectivity index (χ4n) is 2.57. The summed E-state index contributed by atoms with van der Waals surface area (Å²) in [5.41, 5.74) is 1.17. The van der Waals surface area contributed by atoms with Gasteiger partial charge in [0, 0.05) is 28.5 Å². The summed E-state index contributed by atoms with van der Waals surface area (Å²) in [5, 5.41) is 6.00. The molecule has 2 N–H and O–H groups in total. The van der Waals surface area contributed by atoms with Gasteiger partial charge in [0.2, 0.25) is 0 Å². The fraction of sp³-hybridized carbons (Fsp3) is 0.0455. The first kappa shape index (κ1) is 21.4. The summed E-state index contributed by atoms with van der Waals surface area (Å²) < 4.78 is 5.25. The van der Waals surface area contributed by atoms with Gasteiger partial charge in [0.05, 0.1) is 12.8 Å². The summed E-state index contributed by atoms with van der Waals surface area (Å²) in [6.45, 7) is 0. The fourth-order valence-corrected chi connectivity index (χ4v) is 2.91. The molecule has 2 amide bonds. The molecule has 152 valence electrons. The van der Waals surface area contributed by atoms with Crippen molar-refractivity contribution in [2.24, 2.45) is 0 Å². The largest absolute Gasteiger partial charge is 0.495 e. The van der Waals surface area contributed by atoms with Crippen LogP contribution in [0.3, 0.4) is 0 Å². The lowest BCUT2D eigenvalue weighted by Gasteiger charge is -2.13. The van der Waals surface area contributed by atoms with Crippen molar-refractivity contribution in [3.8, 4) is 5.75 Å². The third-order valence-corrected chi connectivity index (χ3v) is 4.57. The minimum atomic E-state index is -0.649. The van der Waals surface area contributed by atoms with E-state index in [1.165, 1.54) is 19.4 Å². The van der Waals surface area contributed by atoms with Crippen LogP contribution in [-0.2, 0) is 9.59 Å². The van der Waals surface area contributed by atoms with E-state index in [1.54, 1.807) is 54.6 Å². The maximum Gasteiger partial charge on any atom is 0.261 e. The van der Waals surface area contributed by atoms with Gasteiger partial charge in [-0.2, -0.15) is 0 Å². The predicted octanol–water partition coefficient (Wildman–Crippen LogP) is 5.06. The molecule has 3 aromatic rings. The van der Waals surface area contributed by atoms with E-state index >= 15 is 0 Å². The number of carbonyl (C=O) groups excluding carboxylic acids is 2. The number of anilines is 2. The Kier molecular flexibility index (Phi) is 7.06. The summed E-state index contributed by atoms with van der Waals surface area (Å²) in [6, 6.07) is 16.9. The molecule has 0 radical (unpaired) electrons. The van der Waals surface area contributed by atoms with Gasteiger partial charge in [-0.15, -0.1) is 0 Å². The van der Waals surface area contributed by atoms with Crippen molar-refractivity contribution >= 4 is 52.5 Å². The number of nitrogens with one attached hydrogen (secondary N) is 2. The summed E-state index contributed by atoms with van der Waals surface area (Å²) in [4.78, 5) is 29.9. The molecule has 0 aliphatic carbocycles. The number of carbonyl (C=O) groups is 2. The van der Waals surface area contributed by atoms with Crippen molar-refractivity contribution < 1.29 is 14.3 Å². The molecular weight excluding hydrogens is 425 g/mol. The quantitative estimate of drug-likeness (QED) is 0.242. The second-order valence-electron chi connectivity index (χ2n) is 6.06. The van der Waals surface area contributed by atoms with Crippen molar-refractivity contribution in [2.45, 2.75) is 0 Å². The number of methoxy groups -OCH3 is 1. The van der Waals surface area contributed by atoms with Crippen LogP contribution in [0.2, 0.25) is 10.2 Å². The minimum absolute atomic E-state index is 0.161. The van der Waals surface area contributed by atoms with Crippen LogP contribution in [0, 0.1) is 0 Å². The molecule has 0 saturated heterocycles. The Hall–Kier alpha value is -3.35. The minimum Gasteiger partial charge on any atom is -0.495 e. The molecule has 0 fully saturated rings. The van der Waals surface area contributed by atoms with Gasteiger partial charge in [0.15, 0.2) is 0 Å². The van der Waals surface area contributed by atoms with Crippen LogP contribution in [-0.4, -0.2) is 23.9 Å². The monoisotopic (exact) mass is 441 g/mol. The number of aromatic nitrogens is 1. The zero-order chi connectivity index (χ0) is 21.5. The van der Waals surface area contributed by atoms with Crippen LogP contribution in [0.25, 0.3) is 6.08 Å². The number of rotatable bonds is 6. The highest BCUT2D eigenvalue weighted by Gasteiger charge is 2.21. The van der Waals surface area contributed by atoms with Gasteiger partial charge < -0.3 is 15.4 Å². The summed E-state index contributed by atoms with van der Waals surface area (Å²) >= 11 is 12.1. The molecular formula is C22H17Cl2N3O3. The number of benzene rings is 2. The van der Waals surface area contributed by atoms with Crippen LogP contribution < -0.4 is 15.4 Å². The van der Waals surface area contributed by atoms with Gasteiger partial charge in [0.1, 0.15) is 16.5 Å².